The van der Waals surface area contributed by atoms with Gasteiger partial charge in [-0.25, -0.2) is 0 Å². The number of anilines is 1. The zero-order chi connectivity index (χ0) is 17.9. The SMILES string of the molecule is Cc1cncc(C(N)=O)c1NCC1(c2cccc(Cl)c2)CC#CCC1.Cl.Cl. The predicted molar refractivity (Wildman–Crippen MR) is 115 cm³/mol. The molecule has 1 aliphatic carbocycles. The van der Waals surface area contributed by atoms with E-state index in [9.17, 15) is 4.79 Å². The number of carbonyl (C=O) groups excluding carboxylic acids is 1. The molecule has 0 saturated carbocycles. The van der Waals surface area contributed by atoms with Crippen molar-refractivity contribution in [2.45, 2.75) is 31.6 Å². The van der Waals surface area contributed by atoms with E-state index in [0.717, 1.165) is 36.1 Å². The molecule has 3 rings (SSSR count). The second-order valence-electron chi connectivity index (χ2n) is 6.42. The first kappa shape index (κ1) is 23.1. The van der Waals surface area contributed by atoms with Crippen LogP contribution in [0.15, 0.2) is 36.7 Å². The molecular weight excluding hydrogens is 405 g/mol. The summed E-state index contributed by atoms with van der Waals surface area (Å²) in [4.78, 5) is 15.8. The minimum Gasteiger partial charge on any atom is -0.383 e. The van der Waals surface area contributed by atoms with Crippen LogP contribution in [0.2, 0.25) is 5.02 Å². The molecule has 7 heteroatoms. The molecule has 1 aliphatic rings. The quantitative estimate of drug-likeness (QED) is 0.691. The summed E-state index contributed by atoms with van der Waals surface area (Å²) in [6, 6.07) is 7.94. The molecular formula is C20H22Cl3N3O. The lowest BCUT2D eigenvalue weighted by atomic mass is 9.72. The van der Waals surface area contributed by atoms with Gasteiger partial charge in [-0.3, -0.25) is 9.78 Å². The molecule has 1 atom stereocenters. The van der Waals surface area contributed by atoms with Crippen molar-refractivity contribution < 1.29 is 4.79 Å². The number of hydrogen-bond acceptors (Lipinski definition) is 3. The van der Waals surface area contributed by atoms with Gasteiger partial charge in [-0.05, 0) is 36.6 Å². The van der Waals surface area contributed by atoms with Crippen LogP contribution in [-0.4, -0.2) is 17.4 Å². The maximum Gasteiger partial charge on any atom is 0.252 e. The van der Waals surface area contributed by atoms with Crippen molar-refractivity contribution >= 4 is 48.0 Å². The normalized spacial score (nSPS) is 17.6. The Labute approximate surface area is 177 Å². The third-order valence-corrected chi connectivity index (χ3v) is 4.96. The van der Waals surface area contributed by atoms with E-state index in [0.29, 0.717) is 17.1 Å². The first-order valence-electron chi connectivity index (χ1n) is 8.22. The number of rotatable bonds is 5. The molecule has 2 aromatic rings. The van der Waals surface area contributed by atoms with Crippen molar-refractivity contribution in [2.75, 3.05) is 11.9 Å². The standard InChI is InChI=1S/C20H20ClN3O.2ClH/c1-14-11-23-12-17(19(22)25)18(14)24-13-20(8-3-2-4-9-20)15-6-5-7-16(21)10-15;;/h5-7,10-12H,3,8-9,13H2,1H3,(H2,22,25)(H,23,24);2*1H. The van der Waals surface area contributed by atoms with Gasteiger partial charge in [-0.1, -0.05) is 23.7 Å². The first-order chi connectivity index (χ1) is 12.0. The average Bonchev–Trinajstić information content (AvgIpc) is 2.61. The van der Waals surface area contributed by atoms with Crippen LogP contribution in [0, 0.1) is 18.8 Å². The van der Waals surface area contributed by atoms with Gasteiger partial charge in [0, 0.05) is 42.2 Å². The summed E-state index contributed by atoms with van der Waals surface area (Å²) < 4.78 is 0. The summed E-state index contributed by atoms with van der Waals surface area (Å²) in [5.74, 6) is 5.93. The van der Waals surface area contributed by atoms with Crippen LogP contribution in [0.25, 0.3) is 0 Å². The number of halogens is 3. The fraction of sp³-hybridized carbons (Fsp3) is 0.300. The lowest BCUT2D eigenvalue weighted by Gasteiger charge is -2.35. The van der Waals surface area contributed by atoms with Crippen LogP contribution in [0.1, 0.15) is 40.7 Å². The summed E-state index contributed by atoms with van der Waals surface area (Å²) in [5, 5.41) is 4.16. The first-order valence-corrected chi connectivity index (χ1v) is 8.60. The Morgan fingerprint density at radius 2 is 2.11 bits per heavy atom. The molecule has 3 N–H and O–H groups in total. The van der Waals surface area contributed by atoms with Crippen molar-refractivity contribution in [2.24, 2.45) is 5.73 Å². The second-order valence-corrected chi connectivity index (χ2v) is 6.85. The van der Waals surface area contributed by atoms with Gasteiger partial charge in [0.05, 0.1) is 11.3 Å². The van der Waals surface area contributed by atoms with E-state index in [-0.39, 0.29) is 30.2 Å². The number of primary amides is 1. The van der Waals surface area contributed by atoms with Gasteiger partial charge in [0.2, 0.25) is 0 Å². The van der Waals surface area contributed by atoms with E-state index >= 15 is 0 Å². The molecule has 27 heavy (non-hydrogen) atoms. The molecule has 1 heterocycles. The third kappa shape index (κ3) is 5.07. The van der Waals surface area contributed by atoms with E-state index in [2.05, 4.69) is 28.2 Å². The lowest BCUT2D eigenvalue weighted by Crippen LogP contribution is -2.36. The van der Waals surface area contributed by atoms with Crippen LogP contribution >= 0.6 is 36.4 Å². The Hall–Kier alpha value is -1.93. The predicted octanol–water partition coefficient (Wildman–Crippen LogP) is 4.52. The summed E-state index contributed by atoms with van der Waals surface area (Å²) in [6.45, 7) is 2.56. The van der Waals surface area contributed by atoms with Gasteiger partial charge >= 0.3 is 0 Å². The molecule has 4 nitrogen and oxygen atoms in total. The van der Waals surface area contributed by atoms with Crippen LogP contribution in [0.4, 0.5) is 5.69 Å². The van der Waals surface area contributed by atoms with Crippen molar-refractivity contribution in [3.63, 3.8) is 0 Å². The van der Waals surface area contributed by atoms with Crippen molar-refractivity contribution in [1.29, 1.82) is 0 Å². The van der Waals surface area contributed by atoms with Gasteiger partial charge in [-0.2, -0.15) is 0 Å². The highest BCUT2D eigenvalue weighted by molar-refractivity contribution is 6.30. The summed E-state index contributed by atoms with van der Waals surface area (Å²) in [6.07, 6.45) is 5.75. The lowest BCUT2D eigenvalue weighted by molar-refractivity contribution is 0.100. The molecule has 144 valence electrons. The number of amides is 1. The van der Waals surface area contributed by atoms with Gasteiger partial charge in [-0.15, -0.1) is 36.7 Å². The average molecular weight is 427 g/mol. The Morgan fingerprint density at radius 1 is 1.33 bits per heavy atom. The molecule has 1 aromatic carbocycles. The molecule has 0 aliphatic heterocycles. The van der Waals surface area contributed by atoms with Crippen LogP contribution < -0.4 is 11.1 Å². The van der Waals surface area contributed by atoms with E-state index in [1.165, 1.54) is 6.20 Å². The van der Waals surface area contributed by atoms with Gasteiger partial charge in [0.1, 0.15) is 0 Å². The van der Waals surface area contributed by atoms with Gasteiger partial charge in [0.15, 0.2) is 0 Å². The van der Waals surface area contributed by atoms with E-state index in [1.807, 2.05) is 25.1 Å². The van der Waals surface area contributed by atoms with E-state index in [4.69, 9.17) is 17.3 Å². The summed E-state index contributed by atoms with van der Waals surface area (Å²) in [5.41, 5.74) is 8.54. The molecule has 0 fully saturated rings. The molecule has 0 radical (unpaired) electrons. The molecule has 0 saturated heterocycles. The minimum atomic E-state index is -0.487. The highest BCUT2D eigenvalue weighted by Gasteiger charge is 2.33. The minimum absolute atomic E-state index is 0. The number of aryl methyl sites for hydroxylation is 1. The monoisotopic (exact) mass is 425 g/mol. The number of nitrogens with two attached hydrogens (primary N) is 1. The fourth-order valence-corrected chi connectivity index (χ4v) is 3.46. The third-order valence-electron chi connectivity index (χ3n) is 4.72. The highest BCUT2D eigenvalue weighted by Crippen LogP contribution is 2.36. The zero-order valence-corrected chi connectivity index (χ0v) is 17.3. The molecule has 0 bridgehead atoms. The van der Waals surface area contributed by atoms with Crippen molar-refractivity contribution in [3.8, 4) is 11.8 Å². The van der Waals surface area contributed by atoms with E-state index in [1.54, 1.807) is 6.20 Å². The number of carbonyl (C=O) groups is 1. The fourth-order valence-electron chi connectivity index (χ4n) is 3.27. The number of hydrogen-bond donors (Lipinski definition) is 2. The maximum absolute atomic E-state index is 11.7. The molecule has 0 spiro atoms. The topological polar surface area (TPSA) is 68.0 Å². The van der Waals surface area contributed by atoms with Crippen LogP contribution in [0.5, 0.6) is 0 Å². The van der Waals surface area contributed by atoms with Gasteiger partial charge in [0.25, 0.3) is 5.91 Å². The maximum atomic E-state index is 11.7. The van der Waals surface area contributed by atoms with E-state index < -0.39 is 5.91 Å². The molecule has 1 aromatic heterocycles. The number of nitrogens with one attached hydrogen (secondary N) is 1. The van der Waals surface area contributed by atoms with Crippen molar-refractivity contribution in [1.82, 2.24) is 4.98 Å². The smallest absolute Gasteiger partial charge is 0.252 e. The van der Waals surface area contributed by atoms with Gasteiger partial charge < -0.3 is 11.1 Å². The second kappa shape index (κ2) is 9.85. The van der Waals surface area contributed by atoms with Crippen LogP contribution in [0.3, 0.4) is 0 Å². The highest BCUT2D eigenvalue weighted by atomic mass is 35.5. The molecule has 1 amide bonds. The zero-order valence-electron chi connectivity index (χ0n) is 14.9. The Morgan fingerprint density at radius 3 is 2.74 bits per heavy atom. The summed E-state index contributed by atoms with van der Waals surface area (Å²) >= 11 is 6.21. The number of aromatic nitrogens is 1. The van der Waals surface area contributed by atoms with Crippen LogP contribution in [-0.2, 0) is 5.41 Å². The Kier molecular flexibility index (Phi) is 8.43. The number of pyridine rings is 1. The molecule has 1 unspecified atom stereocenters. The number of benzene rings is 1. The van der Waals surface area contributed by atoms with Crippen molar-refractivity contribution in [3.05, 3.63) is 58.4 Å². The largest absolute Gasteiger partial charge is 0.383 e. The Bertz CT molecular complexity index is 876. The Balaban J connectivity index is 0.00000182. The number of nitrogens with zero attached hydrogens (tertiary/aromatic N) is 1. The summed E-state index contributed by atoms with van der Waals surface area (Å²) in [7, 11) is 0.